The number of thiazole rings is 1. The molecule has 0 bridgehead atoms. The zero-order valence-electron chi connectivity index (χ0n) is 12.1. The van der Waals surface area contributed by atoms with Crippen molar-refractivity contribution in [3.05, 3.63) is 53.1 Å². The Morgan fingerprint density at radius 3 is 2.87 bits per heavy atom. The van der Waals surface area contributed by atoms with Crippen molar-refractivity contribution in [3.63, 3.8) is 0 Å². The summed E-state index contributed by atoms with van der Waals surface area (Å²) in [6.45, 7) is 1.63. The van der Waals surface area contributed by atoms with Gasteiger partial charge in [0.1, 0.15) is 5.02 Å². The Balaban J connectivity index is 1.70. The highest BCUT2D eigenvalue weighted by Crippen LogP contribution is 2.25. The topological polar surface area (TPSA) is 69.0 Å². The van der Waals surface area contributed by atoms with Gasteiger partial charge in [0.2, 0.25) is 0 Å². The fourth-order valence-electron chi connectivity index (χ4n) is 1.84. The van der Waals surface area contributed by atoms with Crippen molar-refractivity contribution in [1.29, 1.82) is 0 Å². The molecule has 1 atom stereocenters. The molecule has 0 unspecified atom stereocenters. The van der Waals surface area contributed by atoms with E-state index in [1.54, 1.807) is 29.4 Å². The molecular weight excluding hydrogens is 336 g/mol. The number of hydrogen-bond donors (Lipinski definition) is 1. The third kappa shape index (κ3) is 3.69. The van der Waals surface area contributed by atoms with E-state index in [-0.39, 0.29) is 11.8 Å². The summed E-state index contributed by atoms with van der Waals surface area (Å²) in [5, 5.41) is 9.57. The fourth-order valence-corrected chi connectivity index (χ4v) is 2.55. The zero-order valence-corrected chi connectivity index (χ0v) is 13.7. The third-order valence-electron chi connectivity index (χ3n) is 2.98. The van der Waals surface area contributed by atoms with Gasteiger partial charge in [0.05, 0.1) is 11.9 Å². The maximum atomic E-state index is 12.1. The average molecular weight is 349 g/mol. The molecule has 2 heterocycles. The van der Waals surface area contributed by atoms with Gasteiger partial charge in [0, 0.05) is 11.6 Å². The molecule has 118 valence electrons. The van der Waals surface area contributed by atoms with Crippen LogP contribution in [0.25, 0.3) is 5.69 Å². The van der Waals surface area contributed by atoms with Crippen LogP contribution >= 0.6 is 22.9 Å². The lowest BCUT2D eigenvalue weighted by Gasteiger charge is -2.11. The summed E-state index contributed by atoms with van der Waals surface area (Å²) in [6.07, 6.45) is 2.50. The summed E-state index contributed by atoms with van der Waals surface area (Å²) in [5.74, 6) is -0.109. The highest BCUT2D eigenvalue weighted by atomic mass is 35.5. The number of ether oxygens (including phenoxy) is 1. The number of aromatic nitrogens is 3. The highest BCUT2D eigenvalue weighted by molar-refractivity contribution is 7.13. The van der Waals surface area contributed by atoms with E-state index >= 15 is 0 Å². The van der Waals surface area contributed by atoms with Crippen LogP contribution in [0.5, 0.6) is 5.88 Å². The number of benzene rings is 1. The molecule has 0 saturated heterocycles. The van der Waals surface area contributed by atoms with Crippen molar-refractivity contribution in [2.45, 2.75) is 13.0 Å². The molecule has 8 heteroatoms. The molecule has 2 aromatic heterocycles. The number of nitrogens with one attached hydrogen (secondary N) is 1. The van der Waals surface area contributed by atoms with Gasteiger partial charge in [0.25, 0.3) is 11.8 Å². The molecular formula is C15H13ClN4O2S. The number of rotatable bonds is 5. The first-order valence-corrected chi connectivity index (χ1v) is 8.07. The summed E-state index contributed by atoms with van der Waals surface area (Å²) < 4.78 is 7.16. The minimum Gasteiger partial charge on any atom is -0.462 e. The fraction of sp³-hybridized carbons (Fsp3) is 0.133. The SMILES string of the molecule is C[C@@H](Oc1nn(-c2ccccc2)cc1Cl)C(=O)Nc1nccs1. The van der Waals surface area contributed by atoms with Gasteiger partial charge in [-0.1, -0.05) is 29.8 Å². The Bertz CT molecular complexity index is 789. The average Bonchev–Trinajstić information content (AvgIpc) is 3.18. The van der Waals surface area contributed by atoms with Crippen molar-refractivity contribution < 1.29 is 9.53 Å². The number of halogens is 1. The van der Waals surface area contributed by atoms with Crippen LogP contribution < -0.4 is 10.1 Å². The van der Waals surface area contributed by atoms with Gasteiger partial charge in [-0.25, -0.2) is 9.67 Å². The molecule has 0 radical (unpaired) electrons. The lowest BCUT2D eigenvalue weighted by atomic mass is 10.3. The van der Waals surface area contributed by atoms with Crippen molar-refractivity contribution in [3.8, 4) is 11.6 Å². The first kappa shape index (κ1) is 15.5. The van der Waals surface area contributed by atoms with Gasteiger partial charge < -0.3 is 4.74 Å². The van der Waals surface area contributed by atoms with Gasteiger partial charge in [0.15, 0.2) is 11.2 Å². The molecule has 0 saturated carbocycles. The molecule has 1 N–H and O–H groups in total. The quantitative estimate of drug-likeness (QED) is 0.767. The molecule has 0 aliphatic heterocycles. The molecule has 0 spiro atoms. The normalized spacial score (nSPS) is 11.9. The molecule has 3 rings (SSSR count). The van der Waals surface area contributed by atoms with E-state index in [1.165, 1.54) is 11.3 Å². The van der Waals surface area contributed by atoms with E-state index in [0.29, 0.717) is 10.2 Å². The van der Waals surface area contributed by atoms with Crippen LogP contribution in [0.2, 0.25) is 5.02 Å². The highest BCUT2D eigenvalue weighted by Gasteiger charge is 2.19. The Morgan fingerprint density at radius 2 is 2.17 bits per heavy atom. The Labute approximate surface area is 141 Å². The van der Waals surface area contributed by atoms with Crippen molar-refractivity contribution in [2.24, 2.45) is 0 Å². The Kier molecular flexibility index (Phi) is 4.59. The lowest BCUT2D eigenvalue weighted by Crippen LogP contribution is -2.30. The predicted molar refractivity (Wildman–Crippen MR) is 89.4 cm³/mol. The second-order valence-corrected chi connectivity index (χ2v) is 5.95. The van der Waals surface area contributed by atoms with Gasteiger partial charge in [-0.3, -0.25) is 10.1 Å². The van der Waals surface area contributed by atoms with Crippen molar-refractivity contribution in [2.75, 3.05) is 5.32 Å². The van der Waals surface area contributed by atoms with E-state index in [1.807, 2.05) is 30.3 Å². The monoisotopic (exact) mass is 348 g/mol. The van der Waals surface area contributed by atoms with E-state index in [9.17, 15) is 4.79 Å². The summed E-state index contributed by atoms with van der Waals surface area (Å²) >= 11 is 7.47. The number of nitrogens with zero attached hydrogens (tertiary/aromatic N) is 3. The number of carbonyl (C=O) groups is 1. The molecule has 1 amide bonds. The first-order chi connectivity index (χ1) is 11.1. The van der Waals surface area contributed by atoms with Crippen molar-refractivity contribution >= 4 is 34.0 Å². The van der Waals surface area contributed by atoms with E-state index in [4.69, 9.17) is 16.3 Å². The molecule has 6 nitrogen and oxygen atoms in total. The van der Waals surface area contributed by atoms with E-state index in [2.05, 4.69) is 15.4 Å². The molecule has 23 heavy (non-hydrogen) atoms. The number of hydrogen-bond acceptors (Lipinski definition) is 5. The van der Waals surface area contributed by atoms with Crippen LogP contribution in [-0.2, 0) is 4.79 Å². The van der Waals surface area contributed by atoms with Gasteiger partial charge >= 0.3 is 0 Å². The molecule has 3 aromatic rings. The molecule has 0 aliphatic carbocycles. The van der Waals surface area contributed by atoms with Gasteiger partial charge in [-0.15, -0.1) is 16.4 Å². The predicted octanol–water partition coefficient (Wildman–Crippen LogP) is 3.39. The maximum Gasteiger partial charge on any atom is 0.266 e. The number of anilines is 1. The standard InChI is InChI=1S/C15H13ClN4O2S/c1-10(13(21)18-15-17-7-8-23-15)22-14-12(16)9-20(19-14)11-5-3-2-4-6-11/h2-10H,1H3,(H,17,18,21)/t10-/m1/s1. The molecule has 1 aromatic carbocycles. The number of para-hydroxylation sites is 1. The van der Waals surface area contributed by atoms with Gasteiger partial charge in [-0.2, -0.15) is 0 Å². The minimum absolute atomic E-state index is 0.206. The summed E-state index contributed by atoms with van der Waals surface area (Å²) in [7, 11) is 0. The van der Waals surface area contributed by atoms with Crippen LogP contribution in [-0.4, -0.2) is 26.8 Å². The summed E-state index contributed by atoms with van der Waals surface area (Å²) in [5.41, 5.74) is 0.851. The van der Waals surface area contributed by atoms with Crippen LogP contribution in [0.1, 0.15) is 6.92 Å². The van der Waals surface area contributed by atoms with Crippen LogP contribution in [0.15, 0.2) is 48.1 Å². The second kappa shape index (κ2) is 6.80. The second-order valence-electron chi connectivity index (χ2n) is 4.65. The zero-order chi connectivity index (χ0) is 16.2. The van der Waals surface area contributed by atoms with E-state index < -0.39 is 6.10 Å². The third-order valence-corrected chi connectivity index (χ3v) is 3.93. The minimum atomic E-state index is -0.754. The van der Waals surface area contributed by atoms with Crippen molar-refractivity contribution in [1.82, 2.24) is 14.8 Å². The Morgan fingerprint density at radius 1 is 1.39 bits per heavy atom. The van der Waals surface area contributed by atoms with Crippen LogP contribution in [0.3, 0.4) is 0 Å². The molecule has 0 aliphatic rings. The van der Waals surface area contributed by atoms with Crippen LogP contribution in [0.4, 0.5) is 5.13 Å². The van der Waals surface area contributed by atoms with E-state index in [0.717, 1.165) is 5.69 Å². The van der Waals surface area contributed by atoms with Crippen LogP contribution in [0, 0.1) is 0 Å². The Hall–Kier alpha value is -2.38. The summed E-state index contributed by atoms with van der Waals surface area (Å²) in [6, 6.07) is 9.50. The molecule has 0 fully saturated rings. The number of carbonyl (C=O) groups excluding carboxylic acids is 1. The lowest BCUT2D eigenvalue weighted by molar-refractivity contribution is -0.122. The first-order valence-electron chi connectivity index (χ1n) is 6.81. The van der Waals surface area contributed by atoms with Gasteiger partial charge in [-0.05, 0) is 19.1 Å². The summed E-state index contributed by atoms with van der Waals surface area (Å²) in [4.78, 5) is 16.0. The smallest absolute Gasteiger partial charge is 0.266 e. The maximum absolute atomic E-state index is 12.1. The largest absolute Gasteiger partial charge is 0.462 e. The number of amides is 1.